The van der Waals surface area contributed by atoms with Crippen LogP contribution in [0.4, 0.5) is 17.6 Å². The zero-order chi connectivity index (χ0) is 22.0. The van der Waals surface area contributed by atoms with Crippen LogP contribution >= 0.6 is 11.8 Å². The van der Waals surface area contributed by atoms with Gasteiger partial charge in [0, 0.05) is 11.9 Å². The van der Waals surface area contributed by atoms with Crippen molar-refractivity contribution >= 4 is 22.8 Å². The van der Waals surface area contributed by atoms with E-state index in [0.717, 1.165) is 17.7 Å². The maximum atomic E-state index is 13.4. The van der Waals surface area contributed by atoms with Gasteiger partial charge >= 0.3 is 6.18 Å². The first-order valence-corrected chi connectivity index (χ1v) is 10.2. The maximum Gasteiger partial charge on any atom is 0.416 e. The van der Waals surface area contributed by atoms with Gasteiger partial charge in [-0.25, -0.2) is 14.4 Å². The molecule has 4 aromatic rings. The molecule has 0 saturated heterocycles. The van der Waals surface area contributed by atoms with Gasteiger partial charge in [0.05, 0.1) is 16.8 Å². The summed E-state index contributed by atoms with van der Waals surface area (Å²) in [5.41, 5.74) is 0.732. The van der Waals surface area contributed by atoms with Crippen LogP contribution in [0.25, 0.3) is 16.7 Å². The lowest BCUT2D eigenvalue weighted by Gasteiger charge is -2.13. The van der Waals surface area contributed by atoms with Gasteiger partial charge in [-0.2, -0.15) is 13.2 Å². The summed E-state index contributed by atoms with van der Waals surface area (Å²) in [5, 5.41) is 0.393. The van der Waals surface area contributed by atoms with Gasteiger partial charge in [0.15, 0.2) is 10.7 Å². The molecule has 0 aliphatic carbocycles. The number of rotatable bonds is 5. The van der Waals surface area contributed by atoms with E-state index in [4.69, 9.17) is 0 Å². The van der Waals surface area contributed by atoms with Crippen molar-refractivity contribution in [2.75, 3.05) is 5.75 Å². The molecule has 0 N–H and O–H groups in total. The molecule has 0 aliphatic rings. The second-order valence-electron chi connectivity index (χ2n) is 6.68. The molecule has 4 nitrogen and oxygen atoms in total. The smallest absolute Gasteiger partial charge is 0.266 e. The summed E-state index contributed by atoms with van der Waals surface area (Å²) in [5.74, 6) is 0.0466. The third-order valence-electron chi connectivity index (χ3n) is 4.59. The second-order valence-corrected chi connectivity index (χ2v) is 7.74. The van der Waals surface area contributed by atoms with Crippen molar-refractivity contribution < 1.29 is 17.6 Å². The second kappa shape index (κ2) is 8.50. The molecule has 2 aromatic heterocycles. The van der Waals surface area contributed by atoms with E-state index in [-0.39, 0.29) is 11.1 Å². The number of fused-ring (bicyclic) bond motifs is 1. The molecular weight excluding hydrogens is 430 g/mol. The summed E-state index contributed by atoms with van der Waals surface area (Å²) in [6, 6.07) is 13.8. The van der Waals surface area contributed by atoms with Gasteiger partial charge in [-0.1, -0.05) is 23.9 Å². The van der Waals surface area contributed by atoms with Crippen molar-refractivity contribution in [1.82, 2.24) is 14.5 Å². The first kappa shape index (κ1) is 21.0. The highest BCUT2D eigenvalue weighted by atomic mass is 32.2. The molecule has 2 aromatic carbocycles. The van der Waals surface area contributed by atoms with Gasteiger partial charge in [-0.05, 0) is 60.5 Å². The third-order valence-corrected chi connectivity index (χ3v) is 5.53. The molecule has 31 heavy (non-hydrogen) atoms. The molecule has 9 heteroatoms. The lowest BCUT2D eigenvalue weighted by molar-refractivity contribution is -0.137. The Bertz CT molecular complexity index is 1270. The monoisotopic (exact) mass is 445 g/mol. The third kappa shape index (κ3) is 4.61. The van der Waals surface area contributed by atoms with Gasteiger partial charge in [-0.15, -0.1) is 0 Å². The van der Waals surface area contributed by atoms with Crippen molar-refractivity contribution in [3.05, 3.63) is 94.2 Å². The fraction of sp³-hybridized carbons (Fsp3) is 0.136. The number of aryl methyl sites for hydroxylation is 1. The molecule has 4 rings (SSSR count). The molecule has 158 valence electrons. The zero-order valence-corrected chi connectivity index (χ0v) is 16.8. The van der Waals surface area contributed by atoms with E-state index in [9.17, 15) is 22.4 Å². The minimum absolute atomic E-state index is 0.193. The molecule has 0 unspecified atom stereocenters. The summed E-state index contributed by atoms with van der Waals surface area (Å²) < 4.78 is 52.9. The molecule has 0 atom stereocenters. The summed E-state index contributed by atoms with van der Waals surface area (Å²) >= 11 is 1.29. The van der Waals surface area contributed by atoms with Crippen LogP contribution in [0.1, 0.15) is 11.1 Å². The van der Waals surface area contributed by atoms with E-state index in [2.05, 4.69) is 9.97 Å². The van der Waals surface area contributed by atoms with E-state index < -0.39 is 17.6 Å². The number of nitrogens with zero attached hydrogens (tertiary/aromatic N) is 3. The highest BCUT2D eigenvalue weighted by Gasteiger charge is 2.29. The number of benzene rings is 2. The van der Waals surface area contributed by atoms with E-state index in [1.165, 1.54) is 58.9 Å². The van der Waals surface area contributed by atoms with Crippen LogP contribution in [-0.4, -0.2) is 20.3 Å². The van der Waals surface area contributed by atoms with Gasteiger partial charge < -0.3 is 0 Å². The lowest BCUT2D eigenvalue weighted by Crippen LogP contribution is -2.22. The van der Waals surface area contributed by atoms with Crippen LogP contribution in [0.3, 0.4) is 0 Å². The van der Waals surface area contributed by atoms with Crippen LogP contribution < -0.4 is 5.56 Å². The predicted molar refractivity (Wildman–Crippen MR) is 111 cm³/mol. The van der Waals surface area contributed by atoms with Crippen molar-refractivity contribution in [3.63, 3.8) is 0 Å². The summed E-state index contributed by atoms with van der Waals surface area (Å²) in [4.78, 5) is 21.7. The SMILES string of the molecule is O=c1c2ncccc2nc(SCCc2ccc(C(F)(F)F)cc2)n1-c1ccc(F)cc1. The Morgan fingerprint density at radius 3 is 2.35 bits per heavy atom. The number of halogens is 4. The maximum absolute atomic E-state index is 13.4. The van der Waals surface area contributed by atoms with Gasteiger partial charge in [0.2, 0.25) is 0 Å². The lowest BCUT2D eigenvalue weighted by atomic mass is 10.1. The Morgan fingerprint density at radius 2 is 1.68 bits per heavy atom. The molecular formula is C22H15F4N3OS. The van der Waals surface area contributed by atoms with Crippen molar-refractivity contribution in [2.45, 2.75) is 17.8 Å². The van der Waals surface area contributed by atoms with Gasteiger partial charge in [0.25, 0.3) is 5.56 Å². The van der Waals surface area contributed by atoms with E-state index in [1.54, 1.807) is 12.1 Å². The Kier molecular flexibility index (Phi) is 5.77. The Balaban J connectivity index is 1.63. The summed E-state index contributed by atoms with van der Waals surface area (Å²) in [7, 11) is 0. The van der Waals surface area contributed by atoms with Crippen LogP contribution in [0.2, 0.25) is 0 Å². The minimum Gasteiger partial charge on any atom is -0.266 e. The first-order chi connectivity index (χ1) is 14.8. The minimum atomic E-state index is -4.37. The fourth-order valence-electron chi connectivity index (χ4n) is 3.03. The molecule has 0 amide bonds. The number of pyridine rings is 1. The van der Waals surface area contributed by atoms with Crippen LogP contribution in [0.5, 0.6) is 0 Å². The van der Waals surface area contributed by atoms with Gasteiger partial charge in [0.1, 0.15) is 5.82 Å². The molecule has 0 aliphatic heterocycles. The number of thioether (sulfide) groups is 1. The van der Waals surface area contributed by atoms with Crippen molar-refractivity contribution in [3.8, 4) is 5.69 Å². The van der Waals surface area contributed by atoms with Crippen molar-refractivity contribution in [1.29, 1.82) is 0 Å². The van der Waals surface area contributed by atoms with Gasteiger partial charge in [-0.3, -0.25) is 9.36 Å². The van der Waals surface area contributed by atoms with Crippen LogP contribution in [0, 0.1) is 5.82 Å². The quantitative estimate of drug-likeness (QED) is 0.238. The zero-order valence-electron chi connectivity index (χ0n) is 15.9. The average Bonchev–Trinajstić information content (AvgIpc) is 2.75. The fourth-order valence-corrected chi connectivity index (χ4v) is 4.03. The van der Waals surface area contributed by atoms with Crippen molar-refractivity contribution in [2.24, 2.45) is 0 Å². The largest absolute Gasteiger partial charge is 0.416 e. The highest BCUT2D eigenvalue weighted by Crippen LogP contribution is 2.29. The Morgan fingerprint density at radius 1 is 0.968 bits per heavy atom. The molecule has 0 bridgehead atoms. The molecule has 2 heterocycles. The summed E-state index contributed by atoms with van der Waals surface area (Å²) in [6.45, 7) is 0. The Labute approximate surface area is 178 Å². The molecule has 0 fully saturated rings. The number of aromatic nitrogens is 3. The average molecular weight is 445 g/mol. The standard InChI is InChI=1S/C22H15F4N3OS/c23-16-7-9-17(10-8-16)29-20(30)19-18(2-1-12-27-19)28-21(29)31-13-11-14-3-5-15(6-4-14)22(24,25)26/h1-10,12H,11,13H2. The normalized spacial score (nSPS) is 11.7. The van der Waals surface area contributed by atoms with E-state index >= 15 is 0 Å². The molecule has 0 radical (unpaired) electrons. The van der Waals surface area contributed by atoms with E-state index in [1.807, 2.05) is 0 Å². The summed E-state index contributed by atoms with van der Waals surface area (Å²) in [6.07, 6.45) is -2.40. The topological polar surface area (TPSA) is 47.8 Å². The predicted octanol–water partition coefficient (Wildman–Crippen LogP) is 5.27. The van der Waals surface area contributed by atoms with E-state index in [0.29, 0.717) is 28.5 Å². The molecule has 0 saturated carbocycles. The first-order valence-electron chi connectivity index (χ1n) is 9.25. The number of hydrogen-bond donors (Lipinski definition) is 0. The Hall–Kier alpha value is -3.20. The van der Waals surface area contributed by atoms with Crippen LogP contribution in [0.15, 0.2) is 76.8 Å². The number of hydrogen-bond acceptors (Lipinski definition) is 4. The highest BCUT2D eigenvalue weighted by molar-refractivity contribution is 7.99. The van der Waals surface area contributed by atoms with Crippen LogP contribution in [-0.2, 0) is 12.6 Å². The molecule has 0 spiro atoms. The number of alkyl halides is 3.